The molecule has 2 N–H and O–H groups in total. The number of hydrogen-bond donors (Lipinski definition) is 2. The molecule has 29 heavy (non-hydrogen) atoms. The Labute approximate surface area is 166 Å². The van der Waals surface area contributed by atoms with Gasteiger partial charge < -0.3 is 14.8 Å². The highest BCUT2D eigenvalue weighted by atomic mass is 32.2. The van der Waals surface area contributed by atoms with Gasteiger partial charge in [-0.2, -0.15) is 0 Å². The minimum Gasteiger partial charge on any atom is -0.361 e. The van der Waals surface area contributed by atoms with Gasteiger partial charge in [-0.15, -0.1) is 0 Å². The van der Waals surface area contributed by atoms with Gasteiger partial charge >= 0.3 is 5.69 Å². The van der Waals surface area contributed by atoms with Crippen molar-refractivity contribution in [2.24, 2.45) is 7.05 Å². The summed E-state index contributed by atoms with van der Waals surface area (Å²) in [5.74, 6) is 6.13. The Kier molecular flexibility index (Phi) is 4.28. The van der Waals surface area contributed by atoms with E-state index in [9.17, 15) is 18.0 Å². The van der Waals surface area contributed by atoms with E-state index in [1.807, 2.05) is 30.5 Å². The molecule has 0 radical (unpaired) electrons. The highest BCUT2D eigenvalue weighted by molar-refractivity contribution is 7.91. The van der Waals surface area contributed by atoms with Gasteiger partial charge in [-0.25, -0.2) is 13.2 Å². The lowest BCUT2D eigenvalue weighted by Crippen LogP contribution is -2.47. The molecule has 2 aromatic heterocycles. The molecule has 0 fully saturated rings. The molecule has 1 atom stereocenters. The number of nitrogens with zero attached hydrogens (tertiary/aromatic N) is 3. The van der Waals surface area contributed by atoms with E-state index in [4.69, 9.17) is 0 Å². The Morgan fingerprint density at radius 2 is 1.93 bits per heavy atom. The zero-order chi connectivity index (χ0) is 20.9. The third-order valence-electron chi connectivity index (χ3n) is 4.92. The van der Waals surface area contributed by atoms with Gasteiger partial charge in [0.25, 0.3) is 5.56 Å². The fraction of sp³-hybridized carbons (Fsp3) is 0.263. The second kappa shape index (κ2) is 6.56. The summed E-state index contributed by atoms with van der Waals surface area (Å²) < 4.78 is 25.7. The van der Waals surface area contributed by atoms with Crippen LogP contribution in [0.2, 0.25) is 0 Å². The molecule has 0 saturated heterocycles. The largest absolute Gasteiger partial charge is 0.361 e. The van der Waals surface area contributed by atoms with E-state index in [1.54, 1.807) is 0 Å². The second-order valence-corrected chi connectivity index (χ2v) is 9.05. The molecule has 1 aromatic carbocycles. The lowest BCUT2D eigenvalue weighted by Gasteiger charge is -2.26. The summed E-state index contributed by atoms with van der Waals surface area (Å²) in [7, 11) is -0.770. The van der Waals surface area contributed by atoms with Gasteiger partial charge in [-0.05, 0) is 23.6 Å². The molecule has 1 aliphatic rings. The van der Waals surface area contributed by atoms with Crippen molar-refractivity contribution in [1.29, 1.82) is 0 Å². The van der Waals surface area contributed by atoms with Crippen molar-refractivity contribution in [3.63, 3.8) is 0 Å². The molecule has 0 aliphatic carbocycles. The second-order valence-electron chi connectivity index (χ2n) is 6.97. The SMILES string of the molecule is CN1c2c([nH]c(=O)n(C)c2=O)N(CC#Cc2ccc3cc[nH]c3c2)C1S(C)(=O)=O. The molecule has 0 bridgehead atoms. The minimum atomic E-state index is -3.62. The Balaban J connectivity index is 1.76. The van der Waals surface area contributed by atoms with Crippen LogP contribution in [0, 0.1) is 11.8 Å². The summed E-state index contributed by atoms with van der Waals surface area (Å²) in [4.78, 5) is 33.1. The third kappa shape index (κ3) is 3.09. The molecular weight excluding hydrogens is 394 g/mol. The van der Waals surface area contributed by atoms with Gasteiger partial charge in [0.1, 0.15) is 11.5 Å². The number of sulfone groups is 1. The summed E-state index contributed by atoms with van der Waals surface area (Å²) in [6, 6.07) is 7.67. The van der Waals surface area contributed by atoms with Crippen molar-refractivity contribution in [2.75, 3.05) is 29.6 Å². The average molecular weight is 413 g/mol. The van der Waals surface area contributed by atoms with E-state index >= 15 is 0 Å². The highest BCUT2D eigenvalue weighted by Gasteiger charge is 2.42. The van der Waals surface area contributed by atoms with Crippen molar-refractivity contribution in [1.82, 2.24) is 14.5 Å². The fourth-order valence-electron chi connectivity index (χ4n) is 3.58. The van der Waals surface area contributed by atoms with E-state index in [1.165, 1.54) is 23.9 Å². The number of rotatable bonds is 2. The van der Waals surface area contributed by atoms with Gasteiger partial charge in [0.05, 0.1) is 6.54 Å². The highest BCUT2D eigenvalue weighted by Crippen LogP contribution is 2.34. The van der Waals surface area contributed by atoms with Gasteiger partial charge in [0, 0.05) is 37.6 Å². The van der Waals surface area contributed by atoms with Gasteiger partial charge in [-0.3, -0.25) is 14.3 Å². The molecular formula is C19H19N5O4S. The Bertz CT molecular complexity index is 1400. The summed E-state index contributed by atoms with van der Waals surface area (Å²) in [5.41, 5.74) is -0.481. The number of hydrogen-bond acceptors (Lipinski definition) is 6. The first-order valence-electron chi connectivity index (χ1n) is 8.76. The normalized spacial score (nSPS) is 16.0. The predicted octanol–water partition coefficient (Wildman–Crippen LogP) is 0.191. The number of H-pyrrole nitrogens is 2. The minimum absolute atomic E-state index is 0.0148. The maximum atomic E-state index is 12.5. The van der Waals surface area contributed by atoms with E-state index in [2.05, 4.69) is 21.8 Å². The van der Waals surface area contributed by atoms with E-state index in [0.717, 1.165) is 27.3 Å². The Hall–Kier alpha value is -3.45. The lowest BCUT2D eigenvalue weighted by atomic mass is 10.2. The van der Waals surface area contributed by atoms with Crippen LogP contribution in [0.1, 0.15) is 5.56 Å². The molecule has 1 aliphatic heterocycles. The molecule has 150 valence electrons. The Morgan fingerprint density at radius 1 is 1.17 bits per heavy atom. The summed E-state index contributed by atoms with van der Waals surface area (Å²) in [5, 5.41) is 1.07. The van der Waals surface area contributed by atoms with Crippen LogP contribution in [0.4, 0.5) is 11.5 Å². The van der Waals surface area contributed by atoms with Crippen molar-refractivity contribution in [2.45, 2.75) is 5.50 Å². The molecule has 4 rings (SSSR count). The van der Waals surface area contributed by atoms with Gasteiger partial charge in [-0.1, -0.05) is 17.9 Å². The number of aromatic nitrogens is 3. The van der Waals surface area contributed by atoms with Crippen molar-refractivity contribution >= 4 is 32.2 Å². The van der Waals surface area contributed by atoms with Crippen LogP contribution < -0.4 is 21.0 Å². The standard InChI is InChI=1S/C19H19N5O4S/c1-22-15-16(21-18(26)23(2)17(15)25)24(19(22)29(3,27)28)10-4-5-12-6-7-13-8-9-20-14(13)11-12/h6-9,11,19-20H,10H2,1-3H3,(H,21,26). The first kappa shape index (κ1) is 18.9. The molecule has 1 unspecified atom stereocenters. The summed E-state index contributed by atoms with van der Waals surface area (Å²) in [6.45, 7) is 0.0148. The predicted molar refractivity (Wildman–Crippen MR) is 112 cm³/mol. The van der Waals surface area contributed by atoms with Crippen molar-refractivity contribution in [3.05, 3.63) is 56.9 Å². The number of fused-ring (bicyclic) bond motifs is 2. The van der Waals surface area contributed by atoms with Crippen LogP contribution >= 0.6 is 0 Å². The number of nitrogens with one attached hydrogen (secondary N) is 2. The van der Waals surface area contributed by atoms with Gasteiger partial charge in [0.15, 0.2) is 9.84 Å². The summed E-state index contributed by atoms with van der Waals surface area (Å²) in [6.07, 6.45) is 2.93. The van der Waals surface area contributed by atoms with E-state index in [0.29, 0.717) is 0 Å². The van der Waals surface area contributed by atoms with E-state index in [-0.39, 0.29) is 18.1 Å². The monoisotopic (exact) mass is 413 g/mol. The fourth-order valence-corrected chi connectivity index (χ4v) is 4.90. The number of anilines is 2. The van der Waals surface area contributed by atoms with Crippen LogP contribution in [0.3, 0.4) is 0 Å². The van der Waals surface area contributed by atoms with Crippen LogP contribution in [-0.2, 0) is 16.9 Å². The molecule has 0 saturated carbocycles. The zero-order valence-electron chi connectivity index (χ0n) is 16.1. The van der Waals surface area contributed by atoms with E-state index < -0.39 is 26.6 Å². The van der Waals surface area contributed by atoms with Crippen LogP contribution in [-0.4, -0.2) is 48.3 Å². The smallest absolute Gasteiger partial charge is 0.329 e. The lowest BCUT2D eigenvalue weighted by molar-refractivity contribution is 0.582. The molecule has 0 amide bonds. The van der Waals surface area contributed by atoms with Crippen LogP contribution in [0.25, 0.3) is 10.9 Å². The average Bonchev–Trinajstić information content (AvgIpc) is 3.21. The molecule has 3 aromatic rings. The first-order chi connectivity index (χ1) is 13.7. The number of aromatic amines is 2. The Morgan fingerprint density at radius 3 is 2.66 bits per heavy atom. The maximum Gasteiger partial charge on any atom is 0.329 e. The molecule has 9 nitrogen and oxygen atoms in total. The molecule has 0 spiro atoms. The maximum absolute atomic E-state index is 12.5. The van der Waals surface area contributed by atoms with Crippen molar-refractivity contribution < 1.29 is 8.42 Å². The quantitative estimate of drug-likeness (QED) is 0.581. The topological polar surface area (TPSA) is 111 Å². The number of benzene rings is 1. The molecule has 10 heteroatoms. The molecule has 3 heterocycles. The van der Waals surface area contributed by atoms with Crippen LogP contribution in [0.5, 0.6) is 0 Å². The third-order valence-corrected chi connectivity index (χ3v) is 6.26. The summed E-state index contributed by atoms with van der Waals surface area (Å²) >= 11 is 0. The zero-order valence-corrected chi connectivity index (χ0v) is 16.9. The van der Waals surface area contributed by atoms with Gasteiger partial charge in [0.2, 0.25) is 5.50 Å². The van der Waals surface area contributed by atoms with Crippen LogP contribution in [0.15, 0.2) is 40.1 Å². The van der Waals surface area contributed by atoms with Crippen molar-refractivity contribution in [3.8, 4) is 11.8 Å². The first-order valence-corrected chi connectivity index (χ1v) is 10.7.